The van der Waals surface area contributed by atoms with Gasteiger partial charge in [-0.1, -0.05) is 36.8 Å². The summed E-state index contributed by atoms with van der Waals surface area (Å²) in [5.41, 5.74) is 0.753. The van der Waals surface area contributed by atoms with Crippen molar-refractivity contribution in [3.05, 3.63) is 60.2 Å². The first-order chi connectivity index (χ1) is 13.9. The molecule has 1 amide bonds. The van der Waals surface area contributed by atoms with E-state index in [0.717, 1.165) is 5.92 Å². The zero-order chi connectivity index (χ0) is 20.6. The molecule has 29 heavy (non-hydrogen) atoms. The maximum atomic E-state index is 13.2. The van der Waals surface area contributed by atoms with E-state index in [2.05, 4.69) is 12.2 Å². The third kappa shape index (κ3) is 3.78. The number of carbonyl (C=O) groups excluding carboxylic acids is 1. The van der Waals surface area contributed by atoms with E-state index < -0.39 is 10.0 Å². The lowest BCUT2D eigenvalue weighted by Gasteiger charge is -2.29. The second kappa shape index (κ2) is 7.82. The van der Waals surface area contributed by atoms with Gasteiger partial charge in [-0.05, 0) is 68.2 Å². The molecule has 0 unspecified atom stereocenters. The summed E-state index contributed by atoms with van der Waals surface area (Å²) in [5, 5.41) is 3.09. The van der Waals surface area contributed by atoms with Gasteiger partial charge in [0.25, 0.3) is 15.9 Å². The largest absolute Gasteiger partial charge is 0.349 e. The lowest BCUT2D eigenvalue weighted by atomic mass is 9.84. The third-order valence-corrected chi connectivity index (χ3v) is 8.53. The SMILES string of the molecule is C[C@H](NC(=O)c1ccccc1S(=O)(=O)N(C)c1ccccc1)[C@@H]1C[C@H]2CC[C@H]1C2. The summed E-state index contributed by atoms with van der Waals surface area (Å²) in [7, 11) is -2.35. The maximum absolute atomic E-state index is 13.2. The molecule has 2 fully saturated rings. The van der Waals surface area contributed by atoms with E-state index in [9.17, 15) is 13.2 Å². The van der Waals surface area contributed by atoms with E-state index in [4.69, 9.17) is 0 Å². The predicted octanol–water partition coefficient (Wildman–Crippen LogP) is 4.07. The van der Waals surface area contributed by atoms with Crippen LogP contribution in [0, 0.1) is 17.8 Å². The Labute approximate surface area is 173 Å². The van der Waals surface area contributed by atoms with E-state index in [1.54, 1.807) is 42.5 Å². The molecule has 0 heterocycles. The molecule has 2 aromatic carbocycles. The highest BCUT2D eigenvalue weighted by molar-refractivity contribution is 7.92. The van der Waals surface area contributed by atoms with Crippen molar-refractivity contribution < 1.29 is 13.2 Å². The van der Waals surface area contributed by atoms with Gasteiger partial charge >= 0.3 is 0 Å². The minimum Gasteiger partial charge on any atom is -0.349 e. The molecule has 5 nitrogen and oxygen atoms in total. The van der Waals surface area contributed by atoms with Crippen LogP contribution in [0.3, 0.4) is 0 Å². The van der Waals surface area contributed by atoms with Gasteiger partial charge in [-0.15, -0.1) is 0 Å². The summed E-state index contributed by atoms with van der Waals surface area (Å²) >= 11 is 0. The standard InChI is InChI=1S/C23H28N2O3S/c1-16(21-15-17-12-13-18(21)14-17)24-23(26)20-10-6-7-11-22(20)29(27,28)25(2)19-8-4-3-5-9-19/h3-11,16-18,21H,12-15H2,1-2H3,(H,24,26)/t16-,17-,18-,21-/m0/s1. The fraction of sp³-hybridized carbons (Fsp3) is 0.435. The van der Waals surface area contributed by atoms with Gasteiger partial charge in [0.2, 0.25) is 0 Å². The Balaban J connectivity index is 1.57. The minimum absolute atomic E-state index is 0.0315. The van der Waals surface area contributed by atoms with Gasteiger partial charge in [-0.25, -0.2) is 8.42 Å². The zero-order valence-electron chi connectivity index (χ0n) is 16.9. The number of fused-ring (bicyclic) bond motifs is 2. The van der Waals surface area contributed by atoms with Crippen LogP contribution in [0.2, 0.25) is 0 Å². The number of amides is 1. The van der Waals surface area contributed by atoms with Crippen molar-refractivity contribution in [2.24, 2.45) is 17.8 Å². The van der Waals surface area contributed by atoms with Crippen molar-refractivity contribution in [2.45, 2.75) is 43.5 Å². The van der Waals surface area contributed by atoms with Crippen molar-refractivity contribution in [2.75, 3.05) is 11.4 Å². The molecular formula is C23H28N2O3S. The number of nitrogens with zero attached hydrogens (tertiary/aromatic N) is 1. The number of rotatable bonds is 6. The molecule has 0 spiro atoms. The summed E-state index contributed by atoms with van der Waals surface area (Å²) in [6, 6.07) is 15.4. The smallest absolute Gasteiger partial charge is 0.264 e. The number of hydrogen-bond acceptors (Lipinski definition) is 3. The van der Waals surface area contributed by atoms with E-state index in [-0.39, 0.29) is 22.4 Å². The van der Waals surface area contributed by atoms with Crippen LogP contribution in [-0.2, 0) is 10.0 Å². The number of sulfonamides is 1. The van der Waals surface area contributed by atoms with Crippen molar-refractivity contribution in [3.63, 3.8) is 0 Å². The topological polar surface area (TPSA) is 66.5 Å². The number of anilines is 1. The minimum atomic E-state index is -3.86. The predicted molar refractivity (Wildman–Crippen MR) is 114 cm³/mol. The van der Waals surface area contributed by atoms with Crippen LogP contribution in [-0.4, -0.2) is 27.4 Å². The molecule has 4 atom stereocenters. The van der Waals surface area contributed by atoms with Crippen LogP contribution < -0.4 is 9.62 Å². The van der Waals surface area contributed by atoms with Crippen molar-refractivity contribution in [1.82, 2.24) is 5.32 Å². The average Bonchev–Trinajstić information content (AvgIpc) is 3.37. The Morgan fingerprint density at radius 3 is 2.38 bits per heavy atom. The van der Waals surface area contributed by atoms with Crippen LogP contribution in [0.1, 0.15) is 43.0 Å². The van der Waals surface area contributed by atoms with Crippen LogP contribution in [0.15, 0.2) is 59.5 Å². The van der Waals surface area contributed by atoms with Gasteiger partial charge in [-0.3, -0.25) is 9.10 Å². The average molecular weight is 413 g/mol. The highest BCUT2D eigenvalue weighted by atomic mass is 32.2. The molecule has 1 N–H and O–H groups in total. The number of benzene rings is 2. The quantitative estimate of drug-likeness (QED) is 0.778. The van der Waals surface area contributed by atoms with E-state index >= 15 is 0 Å². The Bertz CT molecular complexity index is 990. The highest BCUT2D eigenvalue weighted by Crippen LogP contribution is 2.49. The molecule has 4 rings (SSSR count). The normalized spacial score (nSPS) is 24.3. The van der Waals surface area contributed by atoms with Gasteiger partial charge in [0.1, 0.15) is 4.90 Å². The summed E-state index contributed by atoms with van der Waals surface area (Å²) in [6.07, 6.45) is 5.01. The first kappa shape index (κ1) is 20.0. The molecule has 6 heteroatoms. The second-order valence-corrected chi connectivity index (χ2v) is 10.3. The molecule has 2 saturated carbocycles. The monoisotopic (exact) mass is 412 g/mol. The van der Waals surface area contributed by atoms with Gasteiger partial charge in [0, 0.05) is 13.1 Å². The van der Waals surface area contributed by atoms with Crippen LogP contribution in [0.5, 0.6) is 0 Å². The maximum Gasteiger partial charge on any atom is 0.264 e. The number of hydrogen-bond donors (Lipinski definition) is 1. The summed E-state index contributed by atoms with van der Waals surface area (Å²) in [5.74, 6) is 1.67. The van der Waals surface area contributed by atoms with Gasteiger partial charge in [0.15, 0.2) is 0 Å². The van der Waals surface area contributed by atoms with Crippen molar-refractivity contribution in [3.8, 4) is 0 Å². The molecular weight excluding hydrogens is 384 g/mol. The number of nitrogens with one attached hydrogen (secondary N) is 1. The lowest BCUT2D eigenvalue weighted by Crippen LogP contribution is -2.41. The first-order valence-corrected chi connectivity index (χ1v) is 11.8. The lowest BCUT2D eigenvalue weighted by molar-refractivity contribution is 0.0912. The molecule has 0 aromatic heterocycles. The Morgan fingerprint density at radius 2 is 1.72 bits per heavy atom. The number of para-hydroxylation sites is 1. The Kier molecular flexibility index (Phi) is 5.38. The van der Waals surface area contributed by atoms with Crippen molar-refractivity contribution >= 4 is 21.6 Å². The van der Waals surface area contributed by atoms with Gasteiger partial charge in [0.05, 0.1) is 11.3 Å². The summed E-state index contributed by atoms with van der Waals surface area (Å²) in [4.78, 5) is 13.1. The van der Waals surface area contributed by atoms with Crippen LogP contribution in [0.25, 0.3) is 0 Å². The Morgan fingerprint density at radius 1 is 1.03 bits per heavy atom. The Hall–Kier alpha value is -2.34. The molecule has 2 aliphatic carbocycles. The fourth-order valence-electron chi connectivity index (χ4n) is 5.10. The fourth-order valence-corrected chi connectivity index (χ4v) is 6.48. The number of carbonyl (C=O) groups is 1. The van der Waals surface area contributed by atoms with E-state index in [0.29, 0.717) is 17.5 Å². The molecule has 0 aliphatic heterocycles. The highest BCUT2D eigenvalue weighted by Gasteiger charge is 2.42. The summed E-state index contributed by atoms with van der Waals surface area (Å²) < 4.78 is 27.7. The van der Waals surface area contributed by atoms with E-state index in [1.807, 2.05) is 6.07 Å². The van der Waals surface area contributed by atoms with Gasteiger partial charge in [-0.2, -0.15) is 0 Å². The zero-order valence-corrected chi connectivity index (χ0v) is 17.7. The van der Waals surface area contributed by atoms with Crippen molar-refractivity contribution in [1.29, 1.82) is 0 Å². The molecule has 154 valence electrons. The molecule has 2 aliphatic rings. The molecule has 2 bridgehead atoms. The summed E-state index contributed by atoms with van der Waals surface area (Å²) in [6.45, 7) is 2.05. The van der Waals surface area contributed by atoms with Crippen LogP contribution in [0.4, 0.5) is 5.69 Å². The molecule has 2 aromatic rings. The third-order valence-electron chi connectivity index (χ3n) is 6.68. The van der Waals surface area contributed by atoms with E-state index in [1.165, 1.54) is 43.1 Å². The van der Waals surface area contributed by atoms with Gasteiger partial charge < -0.3 is 5.32 Å². The first-order valence-electron chi connectivity index (χ1n) is 10.3. The molecule has 0 saturated heterocycles. The second-order valence-electron chi connectivity index (χ2n) is 8.41. The van der Waals surface area contributed by atoms with Crippen LogP contribution >= 0.6 is 0 Å². The molecule has 0 radical (unpaired) electrons.